The first kappa shape index (κ1) is 18.0. The minimum absolute atomic E-state index is 0. The molecular formula is C16H25ClN2O2. The van der Waals surface area contributed by atoms with Gasteiger partial charge in [-0.15, -0.1) is 12.4 Å². The molecule has 1 fully saturated rings. The summed E-state index contributed by atoms with van der Waals surface area (Å²) in [6.07, 6.45) is 1.78. The summed E-state index contributed by atoms with van der Waals surface area (Å²) in [6.45, 7) is 3.67. The number of amides is 1. The molecule has 1 aromatic carbocycles. The Morgan fingerprint density at radius 3 is 2.57 bits per heavy atom. The number of halogens is 1. The predicted octanol–water partition coefficient (Wildman–Crippen LogP) is 1.52. The van der Waals surface area contributed by atoms with Crippen LogP contribution >= 0.6 is 12.4 Å². The zero-order valence-corrected chi connectivity index (χ0v) is 13.2. The summed E-state index contributed by atoms with van der Waals surface area (Å²) in [4.78, 5) is 12.1. The molecule has 0 bridgehead atoms. The van der Waals surface area contributed by atoms with Gasteiger partial charge in [-0.2, -0.15) is 0 Å². The number of benzene rings is 1. The lowest BCUT2D eigenvalue weighted by molar-refractivity contribution is -0.127. The summed E-state index contributed by atoms with van der Waals surface area (Å²) in [5.41, 5.74) is 1.09. The number of piperidine rings is 1. The molecule has 21 heavy (non-hydrogen) atoms. The van der Waals surface area contributed by atoms with Crippen molar-refractivity contribution in [3.05, 3.63) is 35.9 Å². The van der Waals surface area contributed by atoms with E-state index in [9.17, 15) is 9.90 Å². The molecule has 0 saturated carbocycles. The van der Waals surface area contributed by atoms with Crippen LogP contribution in [0.15, 0.2) is 30.3 Å². The quantitative estimate of drug-likeness (QED) is 0.772. The van der Waals surface area contributed by atoms with Crippen LogP contribution in [0.25, 0.3) is 0 Å². The SMILES string of the molecule is CC(NC(=O)C1CCNCC1)C(O)Cc1ccccc1.Cl. The van der Waals surface area contributed by atoms with Gasteiger partial charge in [0.05, 0.1) is 12.1 Å². The van der Waals surface area contributed by atoms with Crippen molar-refractivity contribution in [2.45, 2.75) is 38.3 Å². The first-order chi connectivity index (χ1) is 9.66. The van der Waals surface area contributed by atoms with E-state index in [1.165, 1.54) is 0 Å². The third-order valence-corrected chi connectivity index (χ3v) is 3.94. The summed E-state index contributed by atoms with van der Waals surface area (Å²) in [7, 11) is 0. The third-order valence-electron chi connectivity index (χ3n) is 3.94. The van der Waals surface area contributed by atoms with E-state index < -0.39 is 6.10 Å². The normalized spacial score (nSPS) is 18.4. The molecule has 0 aliphatic carbocycles. The maximum absolute atomic E-state index is 12.1. The number of rotatable bonds is 5. The van der Waals surface area contributed by atoms with Gasteiger partial charge in [0.15, 0.2) is 0 Å². The highest BCUT2D eigenvalue weighted by molar-refractivity contribution is 5.85. The highest BCUT2D eigenvalue weighted by Crippen LogP contribution is 2.13. The van der Waals surface area contributed by atoms with Gasteiger partial charge >= 0.3 is 0 Å². The molecule has 3 N–H and O–H groups in total. The van der Waals surface area contributed by atoms with E-state index in [4.69, 9.17) is 0 Å². The predicted molar refractivity (Wildman–Crippen MR) is 86.6 cm³/mol. The zero-order valence-electron chi connectivity index (χ0n) is 12.4. The number of carbonyl (C=O) groups is 1. The lowest BCUT2D eigenvalue weighted by atomic mass is 9.96. The molecule has 1 aliphatic rings. The molecule has 2 atom stereocenters. The highest BCUT2D eigenvalue weighted by Gasteiger charge is 2.24. The Morgan fingerprint density at radius 2 is 1.95 bits per heavy atom. The standard InChI is InChI=1S/C16H24N2O2.ClH/c1-12(15(19)11-13-5-3-2-4-6-13)18-16(20)14-7-9-17-10-8-14;/h2-6,12,14-15,17,19H,7-11H2,1H3,(H,18,20);1H. The van der Waals surface area contributed by atoms with Gasteiger partial charge in [0.2, 0.25) is 5.91 Å². The van der Waals surface area contributed by atoms with Gasteiger partial charge < -0.3 is 15.7 Å². The molecule has 2 rings (SSSR count). The fraction of sp³-hybridized carbons (Fsp3) is 0.562. The van der Waals surface area contributed by atoms with Crippen LogP contribution in [0.4, 0.5) is 0 Å². The van der Waals surface area contributed by atoms with Crippen LogP contribution in [-0.4, -0.2) is 36.2 Å². The lowest BCUT2D eigenvalue weighted by Crippen LogP contribution is -2.46. The summed E-state index contributed by atoms with van der Waals surface area (Å²) in [6, 6.07) is 9.63. The maximum atomic E-state index is 12.1. The van der Waals surface area contributed by atoms with Gasteiger partial charge in [-0.3, -0.25) is 4.79 Å². The number of aliphatic hydroxyl groups excluding tert-OH is 1. The number of nitrogens with one attached hydrogen (secondary N) is 2. The van der Waals surface area contributed by atoms with Gasteiger partial charge in [0.1, 0.15) is 0 Å². The zero-order chi connectivity index (χ0) is 14.4. The molecule has 5 heteroatoms. The van der Waals surface area contributed by atoms with Crippen molar-refractivity contribution in [2.75, 3.05) is 13.1 Å². The molecule has 1 amide bonds. The van der Waals surface area contributed by atoms with Crippen molar-refractivity contribution in [3.63, 3.8) is 0 Å². The van der Waals surface area contributed by atoms with E-state index in [1.807, 2.05) is 37.3 Å². The number of hydrogen-bond donors (Lipinski definition) is 3. The van der Waals surface area contributed by atoms with E-state index >= 15 is 0 Å². The van der Waals surface area contributed by atoms with E-state index in [2.05, 4.69) is 10.6 Å². The van der Waals surface area contributed by atoms with Crippen LogP contribution in [0.1, 0.15) is 25.3 Å². The Balaban J connectivity index is 0.00000220. The Morgan fingerprint density at radius 1 is 1.33 bits per heavy atom. The van der Waals surface area contributed by atoms with Crippen LogP contribution in [0.5, 0.6) is 0 Å². The van der Waals surface area contributed by atoms with Gasteiger partial charge in [-0.25, -0.2) is 0 Å². The number of carbonyl (C=O) groups excluding carboxylic acids is 1. The molecule has 1 aliphatic heterocycles. The van der Waals surface area contributed by atoms with Gasteiger partial charge in [-0.05, 0) is 38.4 Å². The minimum Gasteiger partial charge on any atom is -0.391 e. The Hall–Kier alpha value is -1.10. The highest BCUT2D eigenvalue weighted by atomic mass is 35.5. The first-order valence-corrected chi connectivity index (χ1v) is 7.40. The van der Waals surface area contributed by atoms with Crippen molar-refractivity contribution in [1.82, 2.24) is 10.6 Å². The molecule has 0 aromatic heterocycles. The van der Waals surface area contributed by atoms with E-state index in [0.717, 1.165) is 31.5 Å². The average molecular weight is 313 g/mol. The molecule has 1 heterocycles. The average Bonchev–Trinajstić information content (AvgIpc) is 2.49. The smallest absolute Gasteiger partial charge is 0.223 e. The number of aliphatic hydroxyl groups is 1. The van der Waals surface area contributed by atoms with Crippen molar-refractivity contribution in [2.24, 2.45) is 5.92 Å². The van der Waals surface area contributed by atoms with Crippen LogP contribution in [0, 0.1) is 5.92 Å². The summed E-state index contributed by atoms with van der Waals surface area (Å²) in [5.74, 6) is 0.161. The van der Waals surface area contributed by atoms with Crippen molar-refractivity contribution < 1.29 is 9.90 Å². The minimum atomic E-state index is -0.553. The summed E-state index contributed by atoms with van der Waals surface area (Å²) in [5, 5.41) is 16.4. The lowest BCUT2D eigenvalue weighted by Gasteiger charge is -2.26. The second kappa shape index (κ2) is 9.03. The van der Waals surface area contributed by atoms with Gasteiger partial charge in [-0.1, -0.05) is 30.3 Å². The molecule has 2 unspecified atom stereocenters. The molecule has 0 radical (unpaired) electrons. The molecular weight excluding hydrogens is 288 g/mol. The monoisotopic (exact) mass is 312 g/mol. The van der Waals surface area contributed by atoms with Crippen molar-refractivity contribution in [3.8, 4) is 0 Å². The van der Waals surface area contributed by atoms with E-state index in [1.54, 1.807) is 0 Å². The molecule has 1 aromatic rings. The van der Waals surface area contributed by atoms with Crippen molar-refractivity contribution >= 4 is 18.3 Å². The van der Waals surface area contributed by atoms with Gasteiger partial charge in [0, 0.05) is 12.3 Å². The van der Waals surface area contributed by atoms with Crippen LogP contribution in [-0.2, 0) is 11.2 Å². The van der Waals surface area contributed by atoms with Crippen molar-refractivity contribution in [1.29, 1.82) is 0 Å². The number of hydrogen-bond acceptors (Lipinski definition) is 3. The van der Waals surface area contributed by atoms with E-state index in [-0.39, 0.29) is 30.3 Å². The second-order valence-corrected chi connectivity index (χ2v) is 5.58. The summed E-state index contributed by atoms with van der Waals surface area (Å²) >= 11 is 0. The molecule has 0 spiro atoms. The van der Waals surface area contributed by atoms with Crippen LogP contribution < -0.4 is 10.6 Å². The molecule has 4 nitrogen and oxygen atoms in total. The topological polar surface area (TPSA) is 61.4 Å². The van der Waals surface area contributed by atoms with Gasteiger partial charge in [0.25, 0.3) is 0 Å². The first-order valence-electron chi connectivity index (χ1n) is 7.40. The largest absolute Gasteiger partial charge is 0.391 e. The molecule has 1 saturated heterocycles. The van der Waals surface area contributed by atoms with Crippen LogP contribution in [0.3, 0.4) is 0 Å². The van der Waals surface area contributed by atoms with E-state index in [0.29, 0.717) is 6.42 Å². The Kier molecular flexibility index (Phi) is 7.72. The summed E-state index contributed by atoms with van der Waals surface area (Å²) < 4.78 is 0. The Labute approximate surface area is 132 Å². The fourth-order valence-corrected chi connectivity index (χ4v) is 2.55. The Bertz CT molecular complexity index is 422. The third kappa shape index (κ3) is 5.65. The second-order valence-electron chi connectivity index (χ2n) is 5.58. The van der Waals surface area contributed by atoms with Crippen LogP contribution in [0.2, 0.25) is 0 Å². The maximum Gasteiger partial charge on any atom is 0.223 e. The molecule has 118 valence electrons. The fourth-order valence-electron chi connectivity index (χ4n) is 2.55.